The monoisotopic (exact) mass is 464 g/mol. The van der Waals surface area contributed by atoms with Crippen molar-refractivity contribution in [3.8, 4) is 5.75 Å². The lowest BCUT2D eigenvalue weighted by Gasteiger charge is -2.17. The Kier molecular flexibility index (Phi) is 7.80. The van der Waals surface area contributed by atoms with Crippen LogP contribution in [0.5, 0.6) is 5.75 Å². The van der Waals surface area contributed by atoms with E-state index < -0.39 is 23.7 Å². The van der Waals surface area contributed by atoms with Gasteiger partial charge in [-0.25, -0.2) is 0 Å². The Labute approximate surface area is 190 Å². The first-order chi connectivity index (χ1) is 15.6. The third kappa shape index (κ3) is 7.11. The Bertz CT molecular complexity index is 980. The van der Waals surface area contributed by atoms with Crippen molar-refractivity contribution in [3.05, 3.63) is 59.2 Å². The molecule has 2 aromatic carbocycles. The molecule has 2 aromatic rings. The van der Waals surface area contributed by atoms with Crippen LogP contribution in [0.2, 0.25) is 0 Å². The number of hydrogen-bond acceptors (Lipinski definition) is 5. The van der Waals surface area contributed by atoms with Crippen molar-refractivity contribution in [1.82, 2.24) is 15.5 Å². The molecule has 1 saturated heterocycles. The Morgan fingerprint density at radius 1 is 1.15 bits per heavy atom. The van der Waals surface area contributed by atoms with Crippen LogP contribution in [0.3, 0.4) is 0 Å². The highest BCUT2D eigenvalue weighted by Crippen LogP contribution is 2.30. The van der Waals surface area contributed by atoms with Gasteiger partial charge in [-0.05, 0) is 36.1 Å². The standard InChI is InChI=1S/C23H27F3N4O3/c1-2-15-6-8-16(9-7-15)13-30-11-10-17(14-30)29-20(31)12-28-22(32)18-4-3-5-19(21(18)27)33-23(24,25)26/h3-9,17H,2,10-14,27H2,1H3,(H,28,32)(H,29,31). The first-order valence-corrected chi connectivity index (χ1v) is 10.7. The van der Waals surface area contributed by atoms with Crippen LogP contribution in [0.1, 0.15) is 34.8 Å². The van der Waals surface area contributed by atoms with Gasteiger partial charge in [0.15, 0.2) is 5.75 Å². The molecule has 0 radical (unpaired) electrons. The van der Waals surface area contributed by atoms with E-state index >= 15 is 0 Å². The summed E-state index contributed by atoms with van der Waals surface area (Å²) < 4.78 is 41.2. The van der Waals surface area contributed by atoms with E-state index in [0.29, 0.717) is 6.54 Å². The molecule has 1 unspecified atom stereocenters. The van der Waals surface area contributed by atoms with Gasteiger partial charge in [-0.3, -0.25) is 14.5 Å². The smallest absolute Gasteiger partial charge is 0.404 e. The second kappa shape index (κ2) is 10.6. The number of ether oxygens (including phenoxy) is 1. The molecule has 0 aliphatic carbocycles. The summed E-state index contributed by atoms with van der Waals surface area (Å²) in [5.74, 6) is -1.82. The van der Waals surface area contributed by atoms with Crippen LogP contribution in [0.4, 0.5) is 18.9 Å². The molecule has 0 spiro atoms. The first-order valence-electron chi connectivity index (χ1n) is 10.7. The van der Waals surface area contributed by atoms with Gasteiger partial charge in [0, 0.05) is 25.7 Å². The summed E-state index contributed by atoms with van der Waals surface area (Å²) in [5, 5.41) is 5.26. The minimum absolute atomic E-state index is 0.0436. The number of amides is 2. The number of aryl methyl sites for hydroxylation is 1. The zero-order valence-corrected chi connectivity index (χ0v) is 18.2. The molecule has 1 aliphatic rings. The number of nitrogens with two attached hydrogens (primary N) is 1. The fourth-order valence-electron chi connectivity index (χ4n) is 3.72. The van der Waals surface area contributed by atoms with E-state index in [9.17, 15) is 22.8 Å². The maximum absolute atomic E-state index is 12.4. The SMILES string of the molecule is CCc1ccc(CN2CCC(NC(=O)CNC(=O)c3cccc(OC(F)(F)F)c3N)C2)cc1. The van der Waals surface area contributed by atoms with Gasteiger partial charge in [0.2, 0.25) is 5.91 Å². The van der Waals surface area contributed by atoms with Crippen LogP contribution in [-0.4, -0.2) is 48.8 Å². The van der Waals surface area contributed by atoms with E-state index in [1.807, 2.05) is 0 Å². The molecule has 3 rings (SSSR count). The van der Waals surface area contributed by atoms with Crippen LogP contribution in [0.25, 0.3) is 0 Å². The molecular weight excluding hydrogens is 437 g/mol. The molecule has 1 heterocycles. The minimum Gasteiger partial charge on any atom is -0.404 e. The summed E-state index contributed by atoms with van der Waals surface area (Å²) in [4.78, 5) is 26.8. The van der Waals surface area contributed by atoms with Gasteiger partial charge in [0.25, 0.3) is 5.91 Å². The average molecular weight is 464 g/mol. The molecule has 4 N–H and O–H groups in total. The molecule has 0 saturated carbocycles. The molecule has 10 heteroatoms. The summed E-state index contributed by atoms with van der Waals surface area (Å²) in [6, 6.07) is 11.9. The van der Waals surface area contributed by atoms with Gasteiger partial charge in [0.05, 0.1) is 17.8 Å². The number of anilines is 1. The van der Waals surface area contributed by atoms with E-state index in [1.54, 1.807) is 0 Å². The van der Waals surface area contributed by atoms with Crippen LogP contribution >= 0.6 is 0 Å². The van der Waals surface area contributed by atoms with Gasteiger partial charge < -0.3 is 21.1 Å². The van der Waals surface area contributed by atoms with Gasteiger partial charge in [-0.2, -0.15) is 0 Å². The second-order valence-electron chi connectivity index (χ2n) is 7.91. The number of hydrogen-bond donors (Lipinski definition) is 3. The maximum Gasteiger partial charge on any atom is 0.573 e. The van der Waals surface area contributed by atoms with E-state index in [2.05, 4.69) is 51.5 Å². The van der Waals surface area contributed by atoms with Crippen molar-refractivity contribution >= 4 is 17.5 Å². The van der Waals surface area contributed by atoms with E-state index in [4.69, 9.17) is 5.73 Å². The van der Waals surface area contributed by atoms with E-state index in [1.165, 1.54) is 23.3 Å². The molecule has 0 aromatic heterocycles. The highest BCUT2D eigenvalue weighted by atomic mass is 19.4. The van der Waals surface area contributed by atoms with Gasteiger partial charge in [-0.15, -0.1) is 13.2 Å². The second-order valence-corrected chi connectivity index (χ2v) is 7.91. The number of rotatable bonds is 8. The zero-order valence-electron chi connectivity index (χ0n) is 18.2. The number of carbonyl (C=O) groups is 2. The van der Waals surface area contributed by atoms with Crippen LogP contribution in [0, 0.1) is 0 Å². The Balaban J connectivity index is 1.46. The maximum atomic E-state index is 12.4. The highest BCUT2D eigenvalue weighted by molar-refractivity contribution is 6.01. The first kappa shape index (κ1) is 24.4. The van der Waals surface area contributed by atoms with Crippen molar-refractivity contribution < 1.29 is 27.5 Å². The fraction of sp³-hybridized carbons (Fsp3) is 0.391. The number of likely N-dealkylation sites (tertiary alicyclic amines) is 1. The number of alkyl halides is 3. The van der Waals surface area contributed by atoms with Gasteiger partial charge in [0.1, 0.15) is 0 Å². The Morgan fingerprint density at radius 2 is 1.85 bits per heavy atom. The summed E-state index contributed by atoms with van der Waals surface area (Å²) in [5.41, 5.74) is 7.47. The molecule has 7 nitrogen and oxygen atoms in total. The average Bonchev–Trinajstić information content (AvgIpc) is 3.19. The highest BCUT2D eigenvalue weighted by Gasteiger charge is 2.32. The summed E-state index contributed by atoms with van der Waals surface area (Å²) >= 11 is 0. The molecule has 1 atom stereocenters. The third-order valence-electron chi connectivity index (χ3n) is 5.42. The number of halogens is 3. The van der Waals surface area contributed by atoms with Crippen LogP contribution < -0.4 is 21.1 Å². The molecule has 1 fully saturated rings. The Morgan fingerprint density at radius 3 is 2.52 bits per heavy atom. The topological polar surface area (TPSA) is 96.7 Å². The van der Waals surface area contributed by atoms with Gasteiger partial charge >= 0.3 is 6.36 Å². The molecular formula is C23H27F3N4O3. The van der Waals surface area contributed by atoms with Crippen LogP contribution in [-0.2, 0) is 17.8 Å². The van der Waals surface area contributed by atoms with E-state index in [0.717, 1.165) is 32.0 Å². The van der Waals surface area contributed by atoms with Crippen molar-refractivity contribution in [2.24, 2.45) is 0 Å². The molecule has 0 bridgehead atoms. The number of carbonyl (C=O) groups excluding carboxylic acids is 2. The van der Waals surface area contributed by atoms with Crippen molar-refractivity contribution in [1.29, 1.82) is 0 Å². The molecule has 178 valence electrons. The van der Waals surface area contributed by atoms with Crippen molar-refractivity contribution in [3.63, 3.8) is 0 Å². The van der Waals surface area contributed by atoms with Gasteiger partial charge in [-0.1, -0.05) is 37.3 Å². The lowest BCUT2D eigenvalue weighted by Crippen LogP contribution is -2.43. The summed E-state index contributed by atoms with van der Waals surface area (Å²) in [6.07, 6.45) is -3.15. The molecule has 33 heavy (non-hydrogen) atoms. The van der Waals surface area contributed by atoms with E-state index in [-0.39, 0.29) is 24.1 Å². The summed E-state index contributed by atoms with van der Waals surface area (Å²) in [7, 11) is 0. The Hall–Kier alpha value is -3.27. The fourth-order valence-corrected chi connectivity index (χ4v) is 3.72. The lowest BCUT2D eigenvalue weighted by atomic mass is 10.1. The van der Waals surface area contributed by atoms with Crippen molar-refractivity contribution in [2.45, 2.75) is 38.7 Å². The number of nitrogen functional groups attached to an aromatic ring is 1. The minimum atomic E-state index is -4.93. The molecule has 2 amide bonds. The van der Waals surface area contributed by atoms with Crippen LogP contribution in [0.15, 0.2) is 42.5 Å². The summed E-state index contributed by atoms with van der Waals surface area (Å²) in [6.45, 7) is 4.12. The predicted octanol–water partition coefficient (Wildman–Crippen LogP) is 2.85. The number of nitrogens with zero attached hydrogens (tertiary/aromatic N) is 1. The lowest BCUT2D eigenvalue weighted by molar-refractivity contribution is -0.274. The normalized spacial score (nSPS) is 16.4. The van der Waals surface area contributed by atoms with Crippen molar-refractivity contribution in [2.75, 3.05) is 25.4 Å². The number of benzene rings is 2. The zero-order chi connectivity index (χ0) is 24.0. The third-order valence-corrected chi connectivity index (χ3v) is 5.42. The predicted molar refractivity (Wildman–Crippen MR) is 118 cm³/mol. The molecule has 1 aliphatic heterocycles. The number of nitrogens with one attached hydrogen (secondary N) is 2. The quantitative estimate of drug-likeness (QED) is 0.522. The number of para-hydroxylation sites is 1. The largest absolute Gasteiger partial charge is 0.573 e.